The maximum Gasteiger partial charge on any atom is 0.461 e. The van der Waals surface area contributed by atoms with Crippen molar-refractivity contribution in [3.05, 3.63) is 95.1 Å². The molecule has 0 aliphatic heterocycles. The minimum absolute atomic E-state index is 0.0569. The molecule has 0 saturated heterocycles. The minimum Gasteiger partial charge on any atom is -0.598 e. The van der Waals surface area contributed by atoms with Crippen LogP contribution >= 0.6 is 0 Å². The van der Waals surface area contributed by atoms with E-state index < -0.39 is 57.3 Å². The van der Waals surface area contributed by atoms with Gasteiger partial charge in [0.05, 0.1) is 0 Å². The molecule has 0 aliphatic carbocycles. The number of nitrogens with one attached hydrogen (secondary N) is 1. The molecule has 3 rings (SSSR count). The number of halogens is 6. The van der Waals surface area contributed by atoms with Gasteiger partial charge in [0.15, 0.2) is 11.6 Å². The van der Waals surface area contributed by atoms with E-state index in [-0.39, 0.29) is 17.5 Å². The summed E-state index contributed by atoms with van der Waals surface area (Å²) in [5.74, 6) is -3.76. The lowest BCUT2D eigenvalue weighted by atomic mass is 9.78. The van der Waals surface area contributed by atoms with Crippen LogP contribution < -0.4 is 9.46 Å². The van der Waals surface area contributed by atoms with Crippen molar-refractivity contribution < 1.29 is 40.7 Å². The maximum atomic E-state index is 14.8. The molecule has 0 fully saturated rings. The highest BCUT2D eigenvalue weighted by atomic mass is 32.2. The third-order valence-corrected chi connectivity index (χ3v) is 7.09. The van der Waals surface area contributed by atoms with Gasteiger partial charge in [-0.15, -0.1) is 4.72 Å². The molecule has 2 N–H and O–H groups in total. The Bertz CT molecular complexity index is 1220. The monoisotopic (exact) mass is 545 g/mol. The van der Waals surface area contributed by atoms with Crippen molar-refractivity contribution in [1.82, 2.24) is 4.72 Å². The molecule has 0 bridgehead atoms. The van der Waals surface area contributed by atoms with E-state index in [4.69, 9.17) is 0 Å². The van der Waals surface area contributed by atoms with Crippen LogP contribution in [0.2, 0.25) is 0 Å². The molecule has 3 aromatic rings. The summed E-state index contributed by atoms with van der Waals surface area (Å²) in [5, 5.41) is 9.76. The first-order valence-corrected chi connectivity index (χ1v) is 12.2. The standard InChI is InChI=1S/C26H25F6NO3S/c1-24(2,3)37(35)33-25(15-16-7-5-4-6-8-16,17-9-10-22(34)21(28)13-17)18-11-19(27)14-20(12-18)36-26(31,32)23(29)30/h4-14,23,33-34H,15H2,1-3H3/t25-,37?/m1/s1. The second kappa shape index (κ2) is 10.8. The molecule has 0 spiro atoms. The molecule has 11 heteroatoms. The molecule has 0 aromatic heterocycles. The van der Waals surface area contributed by atoms with Crippen molar-refractivity contribution in [3.8, 4) is 11.5 Å². The van der Waals surface area contributed by atoms with Gasteiger partial charge in [-0.2, -0.15) is 17.6 Å². The maximum absolute atomic E-state index is 14.8. The molecule has 1 unspecified atom stereocenters. The lowest BCUT2D eigenvalue weighted by Crippen LogP contribution is -2.53. The van der Waals surface area contributed by atoms with Crippen molar-refractivity contribution in [2.75, 3.05) is 0 Å². The van der Waals surface area contributed by atoms with Gasteiger partial charge in [0, 0.05) is 23.8 Å². The number of ether oxygens (including phenoxy) is 1. The van der Waals surface area contributed by atoms with Crippen LogP contribution in [0.25, 0.3) is 0 Å². The molecule has 0 amide bonds. The molecule has 0 aliphatic rings. The Morgan fingerprint density at radius 3 is 2.16 bits per heavy atom. The zero-order chi connectivity index (χ0) is 27.6. The summed E-state index contributed by atoms with van der Waals surface area (Å²) in [6, 6.07) is 14.1. The van der Waals surface area contributed by atoms with Gasteiger partial charge in [0.1, 0.15) is 21.9 Å². The van der Waals surface area contributed by atoms with Gasteiger partial charge in [-0.05, 0) is 61.7 Å². The van der Waals surface area contributed by atoms with Gasteiger partial charge in [-0.3, -0.25) is 0 Å². The Morgan fingerprint density at radius 2 is 1.59 bits per heavy atom. The molecular weight excluding hydrogens is 520 g/mol. The lowest BCUT2D eigenvalue weighted by molar-refractivity contribution is -0.253. The second-order valence-corrected chi connectivity index (χ2v) is 11.3. The fourth-order valence-electron chi connectivity index (χ4n) is 3.58. The third kappa shape index (κ3) is 6.71. The third-order valence-electron chi connectivity index (χ3n) is 5.45. The van der Waals surface area contributed by atoms with E-state index in [1.54, 1.807) is 51.1 Å². The Morgan fingerprint density at radius 1 is 0.946 bits per heavy atom. The van der Waals surface area contributed by atoms with Gasteiger partial charge >= 0.3 is 12.5 Å². The van der Waals surface area contributed by atoms with Crippen molar-refractivity contribution >= 4 is 11.4 Å². The summed E-state index contributed by atoms with van der Waals surface area (Å²) in [5.41, 5.74) is -1.26. The SMILES string of the molecule is CC(C)(C)[S+]([O-])N[C@@](Cc1ccccc1)(c1cc(F)cc(OC(F)(F)C(F)F)c1)c1ccc(O)c(F)c1. The van der Waals surface area contributed by atoms with Crippen LogP contribution in [-0.2, 0) is 23.3 Å². The van der Waals surface area contributed by atoms with E-state index in [0.717, 1.165) is 24.3 Å². The van der Waals surface area contributed by atoms with Gasteiger partial charge < -0.3 is 14.4 Å². The fraction of sp³-hybridized carbons (Fsp3) is 0.308. The highest BCUT2D eigenvalue weighted by Crippen LogP contribution is 2.40. The molecule has 3 aromatic carbocycles. The van der Waals surface area contributed by atoms with Crippen molar-refractivity contribution in [2.24, 2.45) is 0 Å². The summed E-state index contributed by atoms with van der Waals surface area (Å²) < 4.78 is 102. The van der Waals surface area contributed by atoms with Crippen LogP contribution in [0.5, 0.6) is 11.5 Å². The number of phenols is 1. The van der Waals surface area contributed by atoms with Gasteiger partial charge in [-0.25, -0.2) is 8.78 Å². The highest BCUT2D eigenvalue weighted by molar-refractivity contribution is 7.90. The van der Waals surface area contributed by atoms with E-state index in [1.807, 2.05) is 0 Å². The molecular formula is C26H25F6NO3S. The fourth-order valence-corrected chi connectivity index (χ4v) is 4.51. The molecule has 0 heterocycles. The van der Waals surface area contributed by atoms with Gasteiger partial charge in [0.2, 0.25) is 0 Å². The topological polar surface area (TPSA) is 64.5 Å². The predicted octanol–water partition coefficient (Wildman–Crippen LogP) is 6.45. The van der Waals surface area contributed by atoms with Crippen LogP contribution in [-0.4, -0.2) is 26.9 Å². The van der Waals surface area contributed by atoms with Gasteiger partial charge in [0.25, 0.3) is 0 Å². The highest BCUT2D eigenvalue weighted by Gasteiger charge is 2.46. The number of benzene rings is 3. The Balaban J connectivity index is 2.32. The van der Waals surface area contributed by atoms with Gasteiger partial charge in [-0.1, -0.05) is 36.4 Å². The van der Waals surface area contributed by atoms with E-state index in [0.29, 0.717) is 11.6 Å². The normalized spacial score (nSPS) is 14.9. The van der Waals surface area contributed by atoms with Crippen molar-refractivity contribution in [3.63, 3.8) is 0 Å². The number of phenolic OH excluding ortho intramolecular Hbond substituents is 1. The predicted molar refractivity (Wildman–Crippen MR) is 128 cm³/mol. The van der Waals surface area contributed by atoms with Crippen LogP contribution in [0.3, 0.4) is 0 Å². The molecule has 0 saturated carbocycles. The smallest absolute Gasteiger partial charge is 0.461 e. The first-order valence-electron chi connectivity index (χ1n) is 11.0. The average Bonchev–Trinajstić information content (AvgIpc) is 2.79. The van der Waals surface area contributed by atoms with E-state index in [1.165, 1.54) is 6.07 Å². The van der Waals surface area contributed by atoms with Crippen molar-refractivity contribution in [2.45, 2.75) is 50.0 Å². The summed E-state index contributed by atoms with van der Waals surface area (Å²) in [6.45, 7) is 4.93. The van der Waals surface area contributed by atoms with E-state index >= 15 is 0 Å². The Hall–Kier alpha value is -2.89. The summed E-state index contributed by atoms with van der Waals surface area (Å²) in [6.07, 6.45) is -9.21. The number of hydrogen-bond donors (Lipinski definition) is 2. The van der Waals surface area contributed by atoms with Crippen LogP contribution in [0.1, 0.15) is 37.5 Å². The van der Waals surface area contributed by atoms with E-state index in [9.17, 15) is 36.0 Å². The quantitative estimate of drug-likeness (QED) is 0.240. The number of aromatic hydroxyl groups is 1. The zero-order valence-corrected chi connectivity index (χ0v) is 20.9. The largest absolute Gasteiger partial charge is 0.598 e. The van der Waals surface area contributed by atoms with Crippen LogP contribution in [0.4, 0.5) is 26.3 Å². The summed E-state index contributed by atoms with van der Waals surface area (Å²) in [7, 11) is 0. The molecule has 4 nitrogen and oxygen atoms in total. The number of hydrogen-bond acceptors (Lipinski definition) is 4. The number of alkyl halides is 4. The Labute approximate surface area is 213 Å². The van der Waals surface area contributed by atoms with Crippen LogP contribution in [0.15, 0.2) is 66.7 Å². The zero-order valence-electron chi connectivity index (χ0n) is 20.1. The first kappa shape index (κ1) is 28.7. The average molecular weight is 546 g/mol. The first-order chi connectivity index (χ1) is 17.1. The van der Waals surface area contributed by atoms with Crippen LogP contribution in [0, 0.1) is 11.6 Å². The minimum atomic E-state index is -4.92. The second-order valence-electron chi connectivity index (χ2n) is 9.36. The molecule has 37 heavy (non-hydrogen) atoms. The number of rotatable bonds is 9. The Kier molecular flexibility index (Phi) is 8.40. The molecule has 200 valence electrons. The summed E-state index contributed by atoms with van der Waals surface area (Å²) in [4.78, 5) is 0. The molecule has 0 radical (unpaired) electrons. The van der Waals surface area contributed by atoms with Crippen molar-refractivity contribution in [1.29, 1.82) is 0 Å². The lowest BCUT2D eigenvalue weighted by Gasteiger charge is -2.39. The summed E-state index contributed by atoms with van der Waals surface area (Å²) >= 11 is -1.90. The van der Waals surface area contributed by atoms with E-state index in [2.05, 4.69) is 9.46 Å². The molecule has 2 atom stereocenters.